The molecule has 0 aromatic heterocycles. The van der Waals surface area contributed by atoms with E-state index >= 15 is 0 Å². The number of esters is 1. The van der Waals surface area contributed by atoms with Crippen LogP contribution >= 0.6 is 59.4 Å². The van der Waals surface area contributed by atoms with Crippen LogP contribution in [0.1, 0.15) is 18.9 Å². The van der Waals surface area contributed by atoms with Gasteiger partial charge in [-0.05, 0) is 65.7 Å². The van der Waals surface area contributed by atoms with Crippen molar-refractivity contribution in [3.8, 4) is 0 Å². The molecular formula is C21H20Br3ClN2O5. The van der Waals surface area contributed by atoms with Crippen LogP contribution in [-0.4, -0.2) is 50.9 Å². The second-order valence-corrected chi connectivity index (χ2v) is 11.8. The molecule has 1 aromatic carbocycles. The molecule has 7 atom stereocenters. The summed E-state index contributed by atoms with van der Waals surface area (Å²) in [6, 6.07) is 2.28. The van der Waals surface area contributed by atoms with Crippen LogP contribution in [0.2, 0.25) is 5.02 Å². The zero-order valence-electron chi connectivity index (χ0n) is 17.1. The van der Waals surface area contributed by atoms with E-state index in [4.69, 9.17) is 16.3 Å². The first-order valence-electron chi connectivity index (χ1n) is 10.1. The maximum absolute atomic E-state index is 13.0. The van der Waals surface area contributed by atoms with E-state index < -0.39 is 36.4 Å². The van der Waals surface area contributed by atoms with Gasteiger partial charge in [0.25, 0.3) is 5.91 Å². The minimum atomic E-state index is -1.10. The summed E-state index contributed by atoms with van der Waals surface area (Å²) in [5.41, 5.74) is 1.16. The van der Waals surface area contributed by atoms with Gasteiger partial charge in [0.1, 0.15) is 6.04 Å². The molecule has 172 valence electrons. The molecule has 2 aliphatic carbocycles. The van der Waals surface area contributed by atoms with Crippen LogP contribution in [0.4, 0.5) is 5.69 Å². The van der Waals surface area contributed by atoms with Crippen LogP contribution in [0.3, 0.4) is 0 Å². The van der Waals surface area contributed by atoms with E-state index in [1.54, 1.807) is 19.1 Å². The average Bonchev–Trinajstić information content (AvgIpc) is 3.36. The fraction of sp³-hybridized carbons (Fsp3) is 0.524. The van der Waals surface area contributed by atoms with Crippen molar-refractivity contribution in [3.63, 3.8) is 0 Å². The molecule has 3 amide bonds. The van der Waals surface area contributed by atoms with Gasteiger partial charge in [0.15, 0.2) is 6.61 Å². The van der Waals surface area contributed by atoms with Crippen LogP contribution in [0.25, 0.3) is 0 Å². The smallest absolute Gasteiger partial charge is 0.329 e. The lowest BCUT2D eigenvalue weighted by molar-refractivity contribution is -0.159. The van der Waals surface area contributed by atoms with Crippen molar-refractivity contribution >= 4 is 88.8 Å². The van der Waals surface area contributed by atoms with Gasteiger partial charge in [-0.15, -0.1) is 0 Å². The van der Waals surface area contributed by atoms with Crippen LogP contribution in [-0.2, 0) is 23.9 Å². The fourth-order valence-corrected chi connectivity index (χ4v) is 7.56. The molecule has 11 heteroatoms. The van der Waals surface area contributed by atoms with E-state index in [0.29, 0.717) is 20.7 Å². The first-order chi connectivity index (χ1) is 15.0. The number of imide groups is 1. The third kappa shape index (κ3) is 3.84. The topological polar surface area (TPSA) is 92.8 Å². The number of ether oxygens (including phenoxy) is 1. The Bertz CT molecular complexity index is 989. The normalized spacial score (nSPS) is 31.6. The number of rotatable bonds is 5. The molecular weight excluding hydrogens is 635 g/mol. The first kappa shape index (κ1) is 24.2. The minimum Gasteiger partial charge on any atom is -0.454 e. The number of nitrogens with zero attached hydrogens (tertiary/aromatic N) is 1. The van der Waals surface area contributed by atoms with Gasteiger partial charge in [0.2, 0.25) is 11.8 Å². The lowest BCUT2D eigenvalue weighted by Gasteiger charge is -2.28. The summed E-state index contributed by atoms with van der Waals surface area (Å²) in [4.78, 5) is 52.2. The molecule has 1 saturated heterocycles. The van der Waals surface area contributed by atoms with Crippen molar-refractivity contribution in [2.24, 2.45) is 23.7 Å². The lowest BCUT2D eigenvalue weighted by Crippen LogP contribution is -2.45. The number of anilines is 1. The fourth-order valence-electron chi connectivity index (χ4n) is 5.09. The summed E-state index contributed by atoms with van der Waals surface area (Å²) >= 11 is 16.7. The maximum Gasteiger partial charge on any atom is 0.329 e. The van der Waals surface area contributed by atoms with Gasteiger partial charge in [-0.2, -0.15) is 0 Å². The second-order valence-electron chi connectivity index (χ2n) is 8.42. The van der Waals surface area contributed by atoms with Crippen molar-refractivity contribution in [2.75, 3.05) is 11.9 Å². The highest BCUT2D eigenvalue weighted by molar-refractivity contribution is 9.12. The van der Waals surface area contributed by atoms with Crippen molar-refractivity contribution in [1.82, 2.24) is 4.90 Å². The molecule has 32 heavy (non-hydrogen) atoms. The van der Waals surface area contributed by atoms with E-state index in [1.165, 1.54) is 6.92 Å². The molecule has 2 bridgehead atoms. The first-order valence-corrected chi connectivity index (χ1v) is 13.1. The number of hydrogen-bond acceptors (Lipinski definition) is 5. The molecule has 0 radical (unpaired) electrons. The quantitative estimate of drug-likeness (QED) is 0.294. The Labute approximate surface area is 215 Å². The van der Waals surface area contributed by atoms with Crippen LogP contribution < -0.4 is 5.32 Å². The Kier molecular flexibility index (Phi) is 6.80. The zero-order valence-corrected chi connectivity index (χ0v) is 22.6. The number of alkyl halides is 2. The molecule has 7 nitrogen and oxygen atoms in total. The molecule has 2 saturated carbocycles. The molecule has 0 unspecified atom stereocenters. The summed E-state index contributed by atoms with van der Waals surface area (Å²) in [5, 5.41) is 3.11. The number of amides is 3. The van der Waals surface area contributed by atoms with Crippen LogP contribution in [0, 0.1) is 30.6 Å². The van der Waals surface area contributed by atoms with Crippen LogP contribution in [0.15, 0.2) is 16.6 Å². The number of benzene rings is 1. The second kappa shape index (κ2) is 9.00. The van der Waals surface area contributed by atoms with Gasteiger partial charge in [0, 0.05) is 19.8 Å². The Hall–Kier alpha value is -0.970. The standard InChI is InChI=1S/C21H20Br3ClN2O5/c1-7-12(4-3-11(22)18(7)25)26-13(28)6-32-21(31)8(2)27-19(29)14-9-5-10(15(14)20(27)30)17(24)16(9)23/h3-4,8-10,14-17H,5-6H2,1-2H3,(H,26,28)/t8-,9+,10+,14+,15+,16-,17-/m0/s1. The average molecular weight is 656 g/mol. The maximum atomic E-state index is 13.0. The number of carbonyl (C=O) groups excluding carboxylic acids is 4. The number of halogens is 4. The molecule has 1 aromatic rings. The molecule has 4 rings (SSSR count). The summed E-state index contributed by atoms with van der Waals surface area (Å²) < 4.78 is 5.82. The van der Waals surface area contributed by atoms with Gasteiger partial charge in [-0.1, -0.05) is 43.5 Å². The predicted molar refractivity (Wildman–Crippen MR) is 129 cm³/mol. The van der Waals surface area contributed by atoms with Crippen molar-refractivity contribution < 1.29 is 23.9 Å². The molecule has 1 heterocycles. The summed E-state index contributed by atoms with van der Waals surface area (Å²) in [7, 11) is 0. The summed E-state index contributed by atoms with van der Waals surface area (Å²) in [6.45, 7) is 2.66. The number of nitrogens with one attached hydrogen (secondary N) is 1. The van der Waals surface area contributed by atoms with E-state index in [-0.39, 0.29) is 33.3 Å². The van der Waals surface area contributed by atoms with Gasteiger partial charge in [-0.3, -0.25) is 19.3 Å². The lowest BCUT2D eigenvalue weighted by atomic mass is 9.81. The van der Waals surface area contributed by atoms with Gasteiger partial charge in [-0.25, -0.2) is 4.79 Å². The molecule has 1 aliphatic heterocycles. The third-order valence-electron chi connectivity index (χ3n) is 6.71. The molecule has 1 N–H and O–H groups in total. The molecule has 3 fully saturated rings. The number of hydrogen-bond donors (Lipinski definition) is 1. The predicted octanol–water partition coefficient (Wildman–Crippen LogP) is 4.06. The van der Waals surface area contributed by atoms with E-state index in [2.05, 4.69) is 53.1 Å². The van der Waals surface area contributed by atoms with Gasteiger partial charge < -0.3 is 10.1 Å². The van der Waals surface area contributed by atoms with Crippen molar-refractivity contribution in [3.05, 3.63) is 27.2 Å². The Morgan fingerprint density at radius 2 is 1.75 bits per heavy atom. The Morgan fingerprint density at radius 1 is 1.19 bits per heavy atom. The zero-order chi connectivity index (χ0) is 23.5. The summed E-state index contributed by atoms with van der Waals surface area (Å²) in [5.74, 6) is -2.70. The van der Waals surface area contributed by atoms with E-state index in [1.807, 2.05) is 0 Å². The number of carbonyl (C=O) groups is 4. The van der Waals surface area contributed by atoms with Crippen molar-refractivity contribution in [1.29, 1.82) is 0 Å². The van der Waals surface area contributed by atoms with Crippen molar-refractivity contribution in [2.45, 2.75) is 36.0 Å². The Balaban J connectivity index is 1.37. The monoisotopic (exact) mass is 652 g/mol. The SMILES string of the molecule is Cc1c(NC(=O)COC(=O)[C@H](C)N2C(=O)[C@@H]3[C@H]4C[C@@H]([C@H](Br)[C@H]4Br)[C@H]3C2=O)ccc(Br)c1Cl. The van der Waals surface area contributed by atoms with Gasteiger partial charge in [0.05, 0.1) is 16.9 Å². The van der Waals surface area contributed by atoms with Gasteiger partial charge >= 0.3 is 5.97 Å². The minimum absolute atomic E-state index is 0.0609. The number of likely N-dealkylation sites (tertiary alicyclic amines) is 1. The van der Waals surface area contributed by atoms with Crippen LogP contribution in [0.5, 0.6) is 0 Å². The number of fused-ring (bicyclic) bond motifs is 5. The third-order valence-corrected chi connectivity index (χ3v) is 11.3. The van der Waals surface area contributed by atoms with E-state index in [0.717, 1.165) is 11.3 Å². The Morgan fingerprint density at radius 3 is 2.31 bits per heavy atom. The molecule has 3 aliphatic rings. The molecule has 0 spiro atoms. The largest absolute Gasteiger partial charge is 0.454 e. The highest BCUT2D eigenvalue weighted by Gasteiger charge is 2.67. The highest BCUT2D eigenvalue weighted by atomic mass is 79.9. The highest BCUT2D eigenvalue weighted by Crippen LogP contribution is 2.60. The van der Waals surface area contributed by atoms with E-state index in [9.17, 15) is 19.2 Å². The summed E-state index contributed by atoms with van der Waals surface area (Å²) in [6.07, 6.45) is 0.810.